The van der Waals surface area contributed by atoms with Gasteiger partial charge in [0, 0.05) is 12.8 Å². The summed E-state index contributed by atoms with van der Waals surface area (Å²) in [7, 11) is 0. The van der Waals surface area contributed by atoms with Gasteiger partial charge in [-0.25, -0.2) is 0 Å². The average Bonchev–Trinajstić information content (AvgIpc) is 3.68. The first kappa shape index (κ1) is 87.6. The second-order valence-corrected chi connectivity index (χ2v) is 28.8. The molecule has 0 spiro atoms. The summed E-state index contributed by atoms with van der Waals surface area (Å²) in [5, 5.41) is 23.5. The van der Waals surface area contributed by atoms with Gasteiger partial charge in [0.15, 0.2) is 0 Å². The van der Waals surface area contributed by atoms with Crippen LogP contribution in [0.4, 0.5) is 0 Å². The smallest absolute Gasteiger partial charge is 0.305 e. The highest BCUT2D eigenvalue weighted by molar-refractivity contribution is 5.76. The van der Waals surface area contributed by atoms with Crippen LogP contribution in [0.3, 0.4) is 0 Å². The molecule has 89 heavy (non-hydrogen) atoms. The number of hydrogen-bond donors (Lipinski definition) is 3. The summed E-state index contributed by atoms with van der Waals surface area (Å²) in [5.41, 5.74) is 0. The van der Waals surface area contributed by atoms with Crippen molar-refractivity contribution in [2.24, 2.45) is 0 Å². The van der Waals surface area contributed by atoms with Crippen LogP contribution in [0, 0.1) is 0 Å². The van der Waals surface area contributed by atoms with E-state index in [0.717, 1.165) is 38.5 Å². The highest BCUT2D eigenvalue weighted by Gasteiger charge is 2.20. The number of esters is 1. The van der Waals surface area contributed by atoms with Crippen LogP contribution in [0.1, 0.15) is 483 Å². The summed E-state index contributed by atoms with van der Waals surface area (Å²) in [4.78, 5) is 24.6. The minimum atomic E-state index is -0.662. The molecule has 0 rings (SSSR count). The normalized spacial score (nSPS) is 12.4. The van der Waals surface area contributed by atoms with Gasteiger partial charge in [-0.05, 0) is 51.4 Å². The molecule has 2 unspecified atom stereocenters. The fourth-order valence-corrected chi connectivity index (χ4v) is 13.5. The molecule has 0 saturated carbocycles. The summed E-state index contributed by atoms with van der Waals surface area (Å²) in [6, 6.07) is -0.539. The second kappa shape index (κ2) is 79.0. The number of nitrogens with one attached hydrogen (secondary N) is 1. The highest BCUT2D eigenvalue weighted by atomic mass is 16.5. The van der Waals surface area contributed by atoms with Crippen LogP contribution >= 0.6 is 0 Å². The number of amides is 1. The maximum Gasteiger partial charge on any atom is 0.305 e. The molecule has 0 saturated heterocycles. The van der Waals surface area contributed by atoms with Crippen molar-refractivity contribution in [3.05, 3.63) is 12.2 Å². The molecule has 0 bridgehead atoms. The lowest BCUT2D eigenvalue weighted by atomic mass is 10.0. The summed E-state index contributed by atoms with van der Waals surface area (Å²) < 4.78 is 5.49. The zero-order valence-corrected chi connectivity index (χ0v) is 61.0. The number of unbranched alkanes of at least 4 members (excludes halogenated alkanes) is 66. The van der Waals surface area contributed by atoms with Crippen LogP contribution in [0.2, 0.25) is 0 Å². The van der Waals surface area contributed by atoms with Crippen molar-refractivity contribution in [1.82, 2.24) is 5.32 Å². The number of aliphatic hydroxyl groups is 2. The van der Waals surface area contributed by atoms with Crippen molar-refractivity contribution in [2.45, 2.75) is 495 Å². The Labute approximate surface area is 559 Å². The number of carbonyl (C=O) groups excluding carboxylic acids is 2. The van der Waals surface area contributed by atoms with Gasteiger partial charge in [0.1, 0.15) is 0 Å². The lowest BCUT2D eigenvalue weighted by molar-refractivity contribution is -0.143. The summed E-state index contributed by atoms with van der Waals surface area (Å²) >= 11 is 0. The van der Waals surface area contributed by atoms with E-state index in [4.69, 9.17) is 4.74 Å². The largest absolute Gasteiger partial charge is 0.466 e. The van der Waals surface area contributed by atoms with Gasteiger partial charge < -0.3 is 20.3 Å². The van der Waals surface area contributed by atoms with Gasteiger partial charge in [-0.3, -0.25) is 9.59 Å². The van der Waals surface area contributed by atoms with Crippen molar-refractivity contribution >= 4 is 11.9 Å². The Morgan fingerprint density at radius 1 is 0.303 bits per heavy atom. The Bertz CT molecular complexity index is 1350. The predicted octanol–water partition coefficient (Wildman–Crippen LogP) is 27.4. The van der Waals surface area contributed by atoms with Gasteiger partial charge in [0.2, 0.25) is 5.91 Å². The van der Waals surface area contributed by atoms with Gasteiger partial charge in [-0.2, -0.15) is 0 Å². The Hall–Kier alpha value is -1.40. The molecule has 530 valence electrons. The van der Waals surface area contributed by atoms with E-state index < -0.39 is 12.1 Å². The molecule has 0 radical (unpaired) electrons. The van der Waals surface area contributed by atoms with E-state index in [9.17, 15) is 19.8 Å². The van der Waals surface area contributed by atoms with Crippen LogP contribution in [0.15, 0.2) is 12.2 Å². The fourth-order valence-electron chi connectivity index (χ4n) is 13.5. The number of ether oxygens (including phenoxy) is 1. The molecule has 0 aliphatic carbocycles. The van der Waals surface area contributed by atoms with E-state index in [1.807, 2.05) is 0 Å². The number of aliphatic hydroxyl groups excluding tert-OH is 2. The Morgan fingerprint density at radius 2 is 0.528 bits per heavy atom. The molecule has 0 aromatic rings. The number of hydrogen-bond acceptors (Lipinski definition) is 5. The highest BCUT2D eigenvalue weighted by Crippen LogP contribution is 2.21. The van der Waals surface area contributed by atoms with Crippen molar-refractivity contribution < 1.29 is 24.5 Å². The quantitative estimate of drug-likeness (QED) is 0.0320. The minimum Gasteiger partial charge on any atom is -0.466 e. The van der Waals surface area contributed by atoms with E-state index in [0.29, 0.717) is 25.9 Å². The molecule has 0 fully saturated rings. The molecule has 0 heterocycles. The fraction of sp³-hybridized carbons (Fsp3) is 0.952. The van der Waals surface area contributed by atoms with Crippen molar-refractivity contribution in [3.8, 4) is 0 Å². The zero-order chi connectivity index (χ0) is 64.2. The zero-order valence-electron chi connectivity index (χ0n) is 61.0. The molecule has 0 aromatic heterocycles. The summed E-state index contributed by atoms with van der Waals surface area (Å²) in [6.07, 6.45) is 100. The lowest BCUT2D eigenvalue weighted by Crippen LogP contribution is -2.45. The van der Waals surface area contributed by atoms with Crippen molar-refractivity contribution in [3.63, 3.8) is 0 Å². The van der Waals surface area contributed by atoms with E-state index in [-0.39, 0.29) is 18.5 Å². The van der Waals surface area contributed by atoms with E-state index in [2.05, 4.69) is 31.3 Å². The SMILES string of the molecule is CCCCCCCCCCCCCCCCCCCCCCCCCC(O)C(CO)NC(=O)CCCCCCCCCCCCCCCCCCC/C=C\CCCCCCCCCCCCCCCCCCOC(=O)CCCCCCCCCCCCCC. The number of allylic oxidation sites excluding steroid dienone is 2. The number of carbonyl (C=O) groups is 2. The molecule has 6 nitrogen and oxygen atoms in total. The molecule has 3 N–H and O–H groups in total. The van der Waals surface area contributed by atoms with Gasteiger partial charge in [0.25, 0.3) is 0 Å². The standard InChI is InChI=1S/C83H163NO5/c1-3-5-7-9-11-13-15-17-18-19-20-21-37-40-43-46-49-52-55-59-63-67-71-75-81(86)80(79-85)84-82(87)76-72-68-64-60-56-53-50-47-44-41-38-35-33-31-29-27-25-23-22-24-26-28-30-32-34-36-39-42-45-48-51-54-58-62-66-70-74-78-89-83(88)77-73-69-65-61-57-16-14-12-10-8-6-4-2/h22,24,80-81,85-86H,3-21,23,25-79H2,1-2H3,(H,84,87)/b24-22-. The van der Waals surface area contributed by atoms with Gasteiger partial charge in [-0.15, -0.1) is 0 Å². The van der Waals surface area contributed by atoms with Crippen LogP contribution < -0.4 is 5.32 Å². The third kappa shape index (κ3) is 75.5. The molecule has 0 aliphatic rings. The molecule has 2 atom stereocenters. The van der Waals surface area contributed by atoms with Crippen LogP contribution in [0.25, 0.3) is 0 Å². The van der Waals surface area contributed by atoms with Gasteiger partial charge in [0.05, 0.1) is 25.4 Å². The van der Waals surface area contributed by atoms with E-state index >= 15 is 0 Å². The molecule has 6 heteroatoms. The Morgan fingerprint density at radius 3 is 0.798 bits per heavy atom. The predicted molar refractivity (Wildman–Crippen MR) is 394 cm³/mol. The Balaban J connectivity index is 3.33. The topological polar surface area (TPSA) is 95.9 Å². The van der Waals surface area contributed by atoms with Gasteiger partial charge in [-0.1, -0.05) is 431 Å². The van der Waals surface area contributed by atoms with Crippen LogP contribution in [-0.2, 0) is 14.3 Å². The maximum absolute atomic E-state index is 12.6. The second-order valence-electron chi connectivity index (χ2n) is 28.8. The molecule has 0 aromatic carbocycles. The van der Waals surface area contributed by atoms with Crippen molar-refractivity contribution in [2.75, 3.05) is 13.2 Å². The lowest BCUT2D eigenvalue weighted by Gasteiger charge is -2.22. The van der Waals surface area contributed by atoms with E-state index in [1.165, 1.54) is 411 Å². The third-order valence-electron chi connectivity index (χ3n) is 19.8. The summed E-state index contributed by atoms with van der Waals surface area (Å²) in [6.45, 7) is 5.01. The first-order chi connectivity index (χ1) is 44.0. The van der Waals surface area contributed by atoms with Crippen LogP contribution in [0.5, 0.6) is 0 Å². The van der Waals surface area contributed by atoms with Gasteiger partial charge >= 0.3 is 5.97 Å². The van der Waals surface area contributed by atoms with Crippen molar-refractivity contribution in [1.29, 1.82) is 0 Å². The number of rotatable bonds is 79. The van der Waals surface area contributed by atoms with E-state index in [1.54, 1.807) is 0 Å². The molecule has 0 aliphatic heterocycles. The average molecular weight is 1260 g/mol. The Kier molecular flexibility index (Phi) is 77.8. The first-order valence-corrected chi connectivity index (χ1v) is 41.4. The maximum atomic E-state index is 12.6. The first-order valence-electron chi connectivity index (χ1n) is 41.4. The monoisotopic (exact) mass is 1250 g/mol. The molecular formula is C83H163NO5. The third-order valence-corrected chi connectivity index (χ3v) is 19.8. The molecule has 1 amide bonds. The molecular weight excluding hydrogens is 1090 g/mol. The minimum absolute atomic E-state index is 0.0233. The summed E-state index contributed by atoms with van der Waals surface area (Å²) in [5.74, 6) is -0.00135. The van der Waals surface area contributed by atoms with Crippen LogP contribution in [-0.4, -0.2) is 47.4 Å².